The Morgan fingerprint density at radius 3 is 2.00 bits per heavy atom. The molecule has 0 bridgehead atoms. The number of benzene rings is 2. The molecule has 112 valence electrons. The quantitative estimate of drug-likeness (QED) is 0.475. The molecule has 0 aliphatic heterocycles. The molecule has 2 aromatic rings. The number of halogens is 5. The van der Waals surface area contributed by atoms with Crippen molar-refractivity contribution in [3.05, 3.63) is 53.3 Å². The Bertz CT molecular complexity index is 633. The molecule has 0 spiro atoms. The van der Waals surface area contributed by atoms with Gasteiger partial charge in [0.2, 0.25) is 0 Å². The summed E-state index contributed by atoms with van der Waals surface area (Å²) in [5.41, 5.74) is 1.77. The van der Waals surface area contributed by atoms with Gasteiger partial charge in [0.15, 0.2) is 0 Å². The third-order valence-corrected chi connectivity index (χ3v) is 4.97. The van der Waals surface area contributed by atoms with Crippen LogP contribution in [0.25, 0.3) is 0 Å². The first kappa shape index (κ1) is 17.4. The summed E-state index contributed by atoms with van der Waals surface area (Å²) in [4.78, 5) is 0. The van der Waals surface area contributed by atoms with Crippen molar-refractivity contribution < 1.29 is 4.74 Å². The predicted octanol–water partition coefficient (Wildman–Crippen LogP) is 6.90. The van der Waals surface area contributed by atoms with Crippen molar-refractivity contribution in [2.75, 3.05) is 12.4 Å². The standard InChI is InChI=1S/C14H10Br3Cl2NO/c1-21-14-9(16)2-7(3-10(14)17)6-20-13-11(18)4-8(15)5-12(13)19/h2-5,20H,6H2,1H3. The van der Waals surface area contributed by atoms with Crippen LogP contribution in [-0.2, 0) is 6.54 Å². The monoisotopic (exact) mass is 515 g/mol. The lowest BCUT2D eigenvalue weighted by molar-refractivity contribution is 0.409. The van der Waals surface area contributed by atoms with Gasteiger partial charge in [-0.15, -0.1) is 0 Å². The van der Waals surface area contributed by atoms with E-state index in [4.69, 9.17) is 27.9 Å². The van der Waals surface area contributed by atoms with E-state index in [9.17, 15) is 0 Å². The largest absolute Gasteiger partial charge is 0.494 e. The molecule has 0 saturated heterocycles. The molecule has 0 fully saturated rings. The highest BCUT2D eigenvalue weighted by Crippen LogP contribution is 2.36. The number of anilines is 1. The van der Waals surface area contributed by atoms with Crippen LogP contribution in [0.1, 0.15) is 5.56 Å². The molecule has 0 aromatic heterocycles. The predicted molar refractivity (Wildman–Crippen MR) is 99.9 cm³/mol. The molecule has 21 heavy (non-hydrogen) atoms. The molecule has 7 heteroatoms. The minimum atomic E-state index is 0.570. The molecule has 0 radical (unpaired) electrons. The molecule has 2 aromatic carbocycles. The van der Waals surface area contributed by atoms with Gasteiger partial charge in [0.1, 0.15) is 5.75 Å². The fourth-order valence-electron chi connectivity index (χ4n) is 1.81. The van der Waals surface area contributed by atoms with Crippen molar-refractivity contribution in [1.29, 1.82) is 0 Å². The summed E-state index contributed by atoms with van der Waals surface area (Å²) in [6.07, 6.45) is 0. The van der Waals surface area contributed by atoms with E-state index < -0.39 is 0 Å². The lowest BCUT2D eigenvalue weighted by atomic mass is 10.2. The minimum Gasteiger partial charge on any atom is -0.494 e. The van der Waals surface area contributed by atoms with Crippen molar-refractivity contribution >= 4 is 76.7 Å². The van der Waals surface area contributed by atoms with Gasteiger partial charge < -0.3 is 10.1 Å². The van der Waals surface area contributed by atoms with Gasteiger partial charge in [0.05, 0.1) is 31.8 Å². The topological polar surface area (TPSA) is 21.3 Å². The summed E-state index contributed by atoms with van der Waals surface area (Å²) in [5, 5.41) is 4.39. The maximum atomic E-state index is 6.20. The van der Waals surface area contributed by atoms with Crippen LogP contribution in [0.2, 0.25) is 10.0 Å². The van der Waals surface area contributed by atoms with Gasteiger partial charge in [0.25, 0.3) is 0 Å². The number of ether oxygens (including phenoxy) is 1. The third-order valence-electron chi connectivity index (χ3n) is 2.74. The van der Waals surface area contributed by atoms with Gasteiger partial charge in [-0.2, -0.15) is 0 Å². The second kappa shape index (κ2) is 7.55. The van der Waals surface area contributed by atoms with Gasteiger partial charge in [-0.1, -0.05) is 39.1 Å². The first-order chi connectivity index (χ1) is 9.92. The van der Waals surface area contributed by atoms with Gasteiger partial charge >= 0.3 is 0 Å². The van der Waals surface area contributed by atoms with Gasteiger partial charge in [-0.25, -0.2) is 0 Å². The van der Waals surface area contributed by atoms with Gasteiger partial charge in [-0.05, 0) is 61.7 Å². The number of rotatable bonds is 4. The van der Waals surface area contributed by atoms with E-state index in [1.807, 2.05) is 12.1 Å². The van der Waals surface area contributed by atoms with Gasteiger partial charge in [0, 0.05) is 11.0 Å². The highest BCUT2D eigenvalue weighted by molar-refractivity contribution is 9.11. The average molecular weight is 519 g/mol. The smallest absolute Gasteiger partial charge is 0.147 e. The Morgan fingerprint density at radius 2 is 1.52 bits per heavy atom. The van der Waals surface area contributed by atoms with E-state index in [1.165, 1.54) is 0 Å². The minimum absolute atomic E-state index is 0.570. The van der Waals surface area contributed by atoms with E-state index in [0.29, 0.717) is 22.3 Å². The summed E-state index contributed by atoms with van der Waals surface area (Å²) in [6.45, 7) is 0.586. The summed E-state index contributed by atoms with van der Waals surface area (Å²) < 4.78 is 7.89. The molecule has 0 aliphatic rings. The van der Waals surface area contributed by atoms with Crippen LogP contribution in [0, 0.1) is 0 Å². The second-order valence-electron chi connectivity index (χ2n) is 4.19. The van der Waals surface area contributed by atoms with Crippen LogP contribution in [0.15, 0.2) is 37.7 Å². The van der Waals surface area contributed by atoms with E-state index >= 15 is 0 Å². The maximum Gasteiger partial charge on any atom is 0.147 e. The van der Waals surface area contributed by atoms with Crippen molar-refractivity contribution in [2.24, 2.45) is 0 Å². The molecule has 2 rings (SSSR count). The zero-order valence-electron chi connectivity index (χ0n) is 10.8. The lowest BCUT2D eigenvalue weighted by Crippen LogP contribution is -2.01. The molecular formula is C14H10Br3Cl2NO. The first-order valence-corrected chi connectivity index (χ1v) is 8.96. The first-order valence-electron chi connectivity index (χ1n) is 5.82. The zero-order chi connectivity index (χ0) is 15.6. The van der Waals surface area contributed by atoms with Crippen LogP contribution in [0.5, 0.6) is 5.75 Å². The molecule has 0 atom stereocenters. The number of nitrogens with one attached hydrogen (secondary N) is 1. The summed E-state index contributed by atoms with van der Waals surface area (Å²) >= 11 is 22.7. The van der Waals surface area contributed by atoms with Crippen molar-refractivity contribution in [3.63, 3.8) is 0 Å². The summed E-state index contributed by atoms with van der Waals surface area (Å²) in [7, 11) is 1.63. The van der Waals surface area contributed by atoms with Crippen LogP contribution >= 0.6 is 71.0 Å². The van der Waals surface area contributed by atoms with Crippen molar-refractivity contribution in [1.82, 2.24) is 0 Å². The lowest BCUT2D eigenvalue weighted by Gasteiger charge is -2.13. The number of hydrogen-bond acceptors (Lipinski definition) is 2. The second-order valence-corrected chi connectivity index (χ2v) is 7.63. The Morgan fingerprint density at radius 1 is 1.00 bits per heavy atom. The fraction of sp³-hybridized carbons (Fsp3) is 0.143. The van der Waals surface area contributed by atoms with E-state index in [1.54, 1.807) is 19.2 Å². The van der Waals surface area contributed by atoms with E-state index in [-0.39, 0.29) is 0 Å². The molecule has 0 amide bonds. The molecule has 2 nitrogen and oxygen atoms in total. The number of methoxy groups -OCH3 is 1. The van der Waals surface area contributed by atoms with Crippen LogP contribution in [0.3, 0.4) is 0 Å². The molecule has 1 N–H and O–H groups in total. The molecule has 0 aliphatic carbocycles. The van der Waals surface area contributed by atoms with E-state index in [0.717, 1.165) is 24.7 Å². The number of hydrogen-bond donors (Lipinski definition) is 1. The highest BCUT2D eigenvalue weighted by Gasteiger charge is 2.10. The van der Waals surface area contributed by atoms with Crippen LogP contribution < -0.4 is 10.1 Å². The van der Waals surface area contributed by atoms with Crippen LogP contribution in [0.4, 0.5) is 5.69 Å². The van der Waals surface area contributed by atoms with Gasteiger partial charge in [-0.3, -0.25) is 0 Å². The average Bonchev–Trinajstić information content (AvgIpc) is 2.37. The third kappa shape index (κ3) is 4.29. The Hall–Kier alpha value is 0.0600. The fourth-order valence-corrected chi connectivity index (χ4v) is 4.76. The van der Waals surface area contributed by atoms with E-state index in [2.05, 4.69) is 53.1 Å². The Balaban J connectivity index is 2.21. The Labute approximate surface area is 158 Å². The maximum absolute atomic E-state index is 6.20. The molecule has 0 saturated carbocycles. The molecular weight excluding hydrogens is 509 g/mol. The Kier molecular flexibility index (Phi) is 6.26. The summed E-state index contributed by atoms with van der Waals surface area (Å²) in [6, 6.07) is 7.57. The summed E-state index contributed by atoms with van der Waals surface area (Å²) in [5.74, 6) is 0.762. The van der Waals surface area contributed by atoms with Crippen molar-refractivity contribution in [2.45, 2.75) is 6.54 Å². The highest BCUT2D eigenvalue weighted by atomic mass is 79.9. The molecule has 0 heterocycles. The normalized spacial score (nSPS) is 10.6. The SMILES string of the molecule is COc1c(Br)cc(CNc2c(Cl)cc(Br)cc2Cl)cc1Br. The zero-order valence-corrected chi connectivity index (χ0v) is 17.1. The van der Waals surface area contributed by atoms with Crippen molar-refractivity contribution in [3.8, 4) is 5.75 Å². The molecule has 0 unspecified atom stereocenters. The van der Waals surface area contributed by atoms with Crippen LogP contribution in [-0.4, -0.2) is 7.11 Å².